The molecule has 0 fully saturated rings. The van der Waals surface area contributed by atoms with Crippen LogP contribution in [0.25, 0.3) is 11.0 Å². The number of hydrogen-bond donors (Lipinski definition) is 1. The van der Waals surface area contributed by atoms with Crippen molar-refractivity contribution in [1.29, 1.82) is 0 Å². The van der Waals surface area contributed by atoms with Crippen molar-refractivity contribution in [2.24, 2.45) is 5.73 Å². The highest BCUT2D eigenvalue weighted by atomic mass is 19.1. The zero-order chi connectivity index (χ0) is 19.0. The van der Waals surface area contributed by atoms with Gasteiger partial charge >= 0.3 is 0 Å². The fourth-order valence-electron chi connectivity index (χ4n) is 2.98. The Morgan fingerprint density at radius 2 is 1.85 bits per heavy atom. The number of ketones is 1. The highest BCUT2D eigenvalue weighted by molar-refractivity contribution is 6.00. The number of fused-ring (bicyclic) bond motifs is 1. The van der Waals surface area contributed by atoms with Crippen LogP contribution in [-0.4, -0.2) is 11.7 Å². The van der Waals surface area contributed by atoms with Crippen LogP contribution in [0.5, 0.6) is 0 Å². The second kappa shape index (κ2) is 6.67. The number of hydrogen-bond acceptors (Lipinski definition) is 3. The van der Waals surface area contributed by atoms with Crippen molar-refractivity contribution in [3.63, 3.8) is 0 Å². The Morgan fingerprint density at radius 3 is 2.50 bits per heavy atom. The van der Waals surface area contributed by atoms with Crippen LogP contribution in [0.3, 0.4) is 0 Å². The van der Waals surface area contributed by atoms with Crippen molar-refractivity contribution in [2.75, 3.05) is 0 Å². The molecule has 0 saturated carbocycles. The summed E-state index contributed by atoms with van der Waals surface area (Å²) in [6.45, 7) is 1.59. The van der Waals surface area contributed by atoms with Gasteiger partial charge in [0.05, 0.1) is 0 Å². The summed E-state index contributed by atoms with van der Waals surface area (Å²) in [5, 5.41) is 0.0378. The quantitative estimate of drug-likeness (QED) is 0.688. The summed E-state index contributed by atoms with van der Waals surface area (Å²) in [4.78, 5) is 24.1. The molecule has 26 heavy (non-hydrogen) atoms. The molecule has 1 amide bonds. The molecule has 3 aromatic rings. The summed E-state index contributed by atoms with van der Waals surface area (Å²) in [5.41, 5.74) is 5.28. The van der Waals surface area contributed by atoms with Crippen molar-refractivity contribution in [3.05, 3.63) is 70.7 Å². The molecule has 3 rings (SSSR count). The second-order valence-corrected chi connectivity index (χ2v) is 6.01. The summed E-state index contributed by atoms with van der Waals surface area (Å²) < 4.78 is 46.0. The Balaban J connectivity index is 2.04. The molecule has 0 aliphatic heterocycles. The lowest BCUT2D eigenvalue weighted by atomic mass is 9.90. The number of nitrogens with two attached hydrogens (primary N) is 1. The molecular formula is C19H14F3NO3. The molecule has 0 saturated heterocycles. The lowest BCUT2D eigenvalue weighted by Gasteiger charge is -2.11. The zero-order valence-corrected chi connectivity index (χ0v) is 13.7. The average Bonchev–Trinajstić information content (AvgIpc) is 2.94. The molecule has 7 heteroatoms. The first-order chi connectivity index (χ1) is 12.3. The normalized spacial score (nSPS) is 12.3. The highest BCUT2D eigenvalue weighted by Crippen LogP contribution is 2.36. The molecular weight excluding hydrogens is 347 g/mol. The van der Waals surface area contributed by atoms with Crippen LogP contribution in [0, 0.1) is 17.5 Å². The maximum absolute atomic E-state index is 13.9. The van der Waals surface area contributed by atoms with E-state index in [1.807, 2.05) is 0 Å². The molecule has 4 nitrogen and oxygen atoms in total. The van der Waals surface area contributed by atoms with E-state index < -0.39 is 35.1 Å². The standard InChI is InChI=1S/C19H14F3NO3/c1-9(5-15(24)10-3-2-4-11(20)6-10)16-13-7-12(21)8-14(22)17(13)26-18(16)19(23)25/h2-4,6-9H,5H2,1H3,(H2,23,25). The van der Waals surface area contributed by atoms with E-state index in [2.05, 4.69) is 0 Å². The number of carbonyl (C=O) groups excluding carboxylic acids is 2. The molecule has 1 heterocycles. The number of furan rings is 1. The number of halogens is 3. The first-order valence-corrected chi connectivity index (χ1v) is 7.78. The molecule has 0 spiro atoms. The van der Waals surface area contributed by atoms with Gasteiger partial charge in [-0.15, -0.1) is 0 Å². The lowest BCUT2D eigenvalue weighted by Crippen LogP contribution is -2.14. The third-order valence-electron chi connectivity index (χ3n) is 4.10. The van der Waals surface area contributed by atoms with Gasteiger partial charge in [0, 0.05) is 29.0 Å². The molecule has 2 N–H and O–H groups in total. The monoisotopic (exact) mass is 361 g/mol. The fourth-order valence-corrected chi connectivity index (χ4v) is 2.98. The van der Waals surface area contributed by atoms with Gasteiger partial charge < -0.3 is 10.2 Å². The van der Waals surface area contributed by atoms with Crippen LogP contribution in [0.15, 0.2) is 40.8 Å². The number of primary amides is 1. The van der Waals surface area contributed by atoms with Crippen molar-refractivity contribution in [2.45, 2.75) is 19.3 Å². The lowest BCUT2D eigenvalue weighted by molar-refractivity contribution is 0.0957. The molecule has 0 aliphatic carbocycles. The summed E-state index contributed by atoms with van der Waals surface area (Å²) in [7, 11) is 0. The summed E-state index contributed by atoms with van der Waals surface area (Å²) in [5.74, 6) is -4.70. The maximum atomic E-state index is 13.9. The Bertz CT molecular complexity index is 1030. The van der Waals surface area contributed by atoms with Crippen molar-refractivity contribution in [1.82, 2.24) is 0 Å². The van der Waals surface area contributed by atoms with Crippen LogP contribution in [0.2, 0.25) is 0 Å². The van der Waals surface area contributed by atoms with Crippen LogP contribution in [0.4, 0.5) is 13.2 Å². The van der Waals surface area contributed by atoms with Crippen LogP contribution < -0.4 is 5.73 Å². The molecule has 0 bridgehead atoms. The Kier molecular flexibility index (Phi) is 4.54. The van der Waals surface area contributed by atoms with Crippen LogP contribution in [0.1, 0.15) is 45.7 Å². The van der Waals surface area contributed by atoms with Gasteiger partial charge in [0.15, 0.2) is 22.9 Å². The van der Waals surface area contributed by atoms with E-state index in [1.54, 1.807) is 6.92 Å². The molecule has 134 valence electrons. The molecule has 1 unspecified atom stereocenters. The smallest absolute Gasteiger partial charge is 0.284 e. The zero-order valence-electron chi connectivity index (χ0n) is 13.7. The first kappa shape index (κ1) is 17.7. The first-order valence-electron chi connectivity index (χ1n) is 7.78. The van der Waals surface area contributed by atoms with Gasteiger partial charge in [0.2, 0.25) is 0 Å². The topological polar surface area (TPSA) is 73.3 Å². The van der Waals surface area contributed by atoms with E-state index in [9.17, 15) is 22.8 Å². The number of Topliss-reactive ketones (excluding diaryl/α,β-unsaturated/α-hetero) is 1. The van der Waals surface area contributed by atoms with Gasteiger partial charge in [0.1, 0.15) is 11.6 Å². The maximum Gasteiger partial charge on any atom is 0.284 e. The fraction of sp³-hybridized carbons (Fsp3) is 0.158. The average molecular weight is 361 g/mol. The molecule has 0 aliphatic rings. The summed E-state index contributed by atoms with van der Waals surface area (Å²) in [6.07, 6.45) is -0.128. The minimum atomic E-state index is -0.975. The SMILES string of the molecule is CC(CC(=O)c1cccc(F)c1)c1c(C(N)=O)oc2c(F)cc(F)cc12. The van der Waals surface area contributed by atoms with Crippen molar-refractivity contribution in [3.8, 4) is 0 Å². The van der Waals surface area contributed by atoms with Gasteiger partial charge in [-0.25, -0.2) is 13.2 Å². The van der Waals surface area contributed by atoms with Crippen LogP contribution in [-0.2, 0) is 0 Å². The predicted molar refractivity (Wildman–Crippen MR) is 88.4 cm³/mol. The van der Waals surface area contributed by atoms with Crippen LogP contribution >= 0.6 is 0 Å². The number of carbonyl (C=O) groups is 2. The third-order valence-corrected chi connectivity index (χ3v) is 4.10. The number of rotatable bonds is 5. The highest BCUT2D eigenvalue weighted by Gasteiger charge is 2.27. The van der Waals surface area contributed by atoms with E-state index >= 15 is 0 Å². The molecule has 1 atom stereocenters. The van der Waals surface area contributed by atoms with E-state index in [1.165, 1.54) is 18.2 Å². The van der Waals surface area contributed by atoms with Gasteiger partial charge in [-0.3, -0.25) is 9.59 Å². The minimum Gasteiger partial charge on any atom is -0.448 e. The second-order valence-electron chi connectivity index (χ2n) is 6.01. The van der Waals surface area contributed by atoms with E-state index in [4.69, 9.17) is 10.2 Å². The van der Waals surface area contributed by atoms with Gasteiger partial charge in [-0.05, 0) is 24.1 Å². The third kappa shape index (κ3) is 3.20. The summed E-state index contributed by atoms with van der Waals surface area (Å²) in [6, 6.07) is 6.81. The minimum absolute atomic E-state index is 0.0378. The largest absolute Gasteiger partial charge is 0.448 e. The van der Waals surface area contributed by atoms with E-state index in [-0.39, 0.29) is 34.3 Å². The van der Waals surface area contributed by atoms with Crippen molar-refractivity contribution < 1.29 is 27.2 Å². The Morgan fingerprint density at radius 1 is 1.12 bits per heavy atom. The molecule has 1 aromatic heterocycles. The Labute approximate surface area is 146 Å². The summed E-state index contributed by atoms with van der Waals surface area (Å²) >= 11 is 0. The number of benzene rings is 2. The number of amides is 1. The van der Waals surface area contributed by atoms with E-state index in [0.29, 0.717) is 6.07 Å². The van der Waals surface area contributed by atoms with Gasteiger partial charge in [0.25, 0.3) is 5.91 Å². The Hall–Kier alpha value is -3.09. The van der Waals surface area contributed by atoms with Gasteiger partial charge in [-0.2, -0.15) is 0 Å². The predicted octanol–water partition coefficient (Wildman–Crippen LogP) is 4.33. The van der Waals surface area contributed by atoms with Crippen molar-refractivity contribution >= 4 is 22.7 Å². The van der Waals surface area contributed by atoms with Gasteiger partial charge in [-0.1, -0.05) is 19.1 Å². The molecule has 0 radical (unpaired) electrons. The molecule has 2 aromatic carbocycles. The van der Waals surface area contributed by atoms with E-state index in [0.717, 1.165) is 12.1 Å².